The molecule has 0 saturated heterocycles. The Balaban J connectivity index is 1.92. The van der Waals surface area contributed by atoms with Gasteiger partial charge >= 0.3 is 0 Å². The Kier molecular flexibility index (Phi) is 4.52. The molecule has 134 valence electrons. The Morgan fingerprint density at radius 1 is 1.23 bits per heavy atom. The third kappa shape index (κ3) is 2.81. The highest BCUT2D eigenvalue weighted by molar-refractivity contribution is 7.99. The first kappa shape index (κ1) is 16.9. The number of nitrogens with zero attached hydrogens (tertiary/aromatic N) is 4. The molecule has 0 aliphatic carbocycles. The van der Waals surface area contributed by atoms with Crippen LogP contribution in [0.25, 0.3) is 28.2 Å². The molecule has 7 nitrogen and oxygen atoms in total. The summed E-state index contributed by atoms with van der Waals surface area (Å²) in [6.07, 6.45) is 2.75. The van der Waals surface area contributed by atoms with Crippen LogP contribution in [0.4, 0.5) is 0 Å². The van der Waals surface area contributed by atoms with E-state index in [2.05, 4.69) is 21.9 Å². The lowest BCUT2D eigenvalue weighted by molar-refractivity contribution is 0.273. The molecule has 0 fully saturated rings. The number of nitrogens with one attached hydrogen (secondary N) is 1. The van der Waals surface area contributed by atoms with Crippen LogP contribution in [0.5, 0.6) is 0 Å². The molecular formula is C18H19N5O2S. The molecular weight excluding hydrogens is 350 g/mol. The normalized spacial score (nSPS) is 11.6. The summed E-state index contributed by atoms with van der Waals surface area (Å²) >= 11 is 1.57. The molecule has 0 atom stereocenters. The van der Waals surface area contributed by atoms with Crippen LogP contribution in [0.2, 0.25) is 0 Å². The third-order valence-electron chi connectivity index (χ3n) is 4.12. The van der Waals surface area contributed by atoms with Gasteiger partial charge in [-0.1, -0.05) is 49.0 Å². The largest absolute Gasteiger partial charge is 0.395 e. The number of aliphatic hydroxyl groups excluding tert-OH is 1. The van der Waals surface area contributed by atoms with Gasteiger partial charge in [0.15, 0.2) is 16.3 Å². The van der Waals surface area contributed by atoms with E-state index in [-0.39, 0.29) is 12.2 Å². The lowest BCUT2D eigenvalue weighted by atomic mass is 10.2. The summed E-state index contributed by atoms with van der Waals surface area (Å²) in [7, 11) is 0. The highest BCUT2D eigenvalue weighted by Crippen LogP contribution is 2.23. The number of hydrogen-bond donors (Lipinski definition) is 2. The number of rotatable bonds is 6. The number of imidazole rings is 2. The highest BCUT2D eigenvalue weighted by Gasteiger charge is 2.18. The van der Waals surface area contributed by atoms with Crippen molar-refractivity contribution in [1.29, 1.82) is 0 Å². The Bertz CT molecular complexity index is 1110. The lowest BCUT2D eigenvalue weighted by Gasteiger charge is -2.05. The van der Waals surface area contributed by atoms with E-state index < -0.39 is 0 Å². The second-order valence-electron chi connectivity index (χ2n) is 5.93. The summed E-state index contributed by atoms with van der Waals surface area (Å²) in [4.78, 5) is 25.3. The minimum atomic E-state index is -0.210. The molecule has 4 rings (SSSR count). The maximum atomic E-state index is 12.9. The first-order valence-electron chi connectivity index (χ1n) is 8.53. The minimum absolute atomic E-state index is 0.0355. The SMILES string of the molecule is CCCSc1nc2c(=O)n3cc(-c4ccccc4)[nH]c3nc2n1CCO. The van der Waals surface area contributed by atoms with Crippen LogP contribution in [0.3, 0.4) is 0 Å². The molecule has 0 bridgehead atoms. The topological polar surface area (TPSA) is 88.2 Å². The molecule has 0 aliphatic heterocycles. The number of fused-ring (bicyclic) bond motifs is 2. The van der Waals surface area contributed by atoms with Gasteiger partial charge < -0.3 is 14.7 Å². The van der Waals surface area contributed by atoms with Crippen LogP contribution in [0.1, 0.15) is 13.3 Å². The van der Waals surface area contributed by atoms with Gasteiger partial charge in [-0.05, 0) is 12.0 Å². The fourth-order valence-corrected chi connectivity index (χ4v) is 3.78. The van der Waals surface area contributed by atoms with Crippen molar-refractivity contribution in [3.05, 3.63) is 46.9 Å². The average molecular weight is 369 g/mol. The second kappa shape index (κ2) is 6.97. The van der Waals surface area contributed by atoms with E-state index >= 15 is 0 Å². The van der Waals surface area contributed by atoms with Crippen molar-refractivity contribution in [2.45, 2.75) is 25.0 Å². The highest BCUT2D eigenvalue weighted by atomic mass is 32.2. The van der Waals surface area contributed by atoms with Crippen LogP contribution < -0.4 is 5.56 Å². The Hall–Kier alpha value is -2.58. The number of aromatic nitrogens is 5. The van der Waals surface area contributed by atoms with Gasteiger partial charge in [-0.3, -0.25) is 4.79 Å². The Morgan fingerprint density at radius 3 is 2.77 bits per heavy atom. The molecule has 0 aliphatic rings. The van der Waals surface area contributed by atoms with Crippen molar-refractivity contribution in [2.24, 2.45) is 0 Å². The van der Waals surface area contributed by atoms with Gasteiger partial charge in [0, 0.05) is 18.5 Å². The number of benzene rings is 1. The first-order chi connectivity index (χ1) is 12.7. The lowest BCUT2D eigenvalue weighted by Crippen LogP contribution is -2.14. The molecule has 2 N–H and O–H groups in total. The van der Waals surface area contributed by atoms with E-state index in [0.29, 0.717) is 23.5 Å². The number of aliphatic hydroxyl groups is 1. The van der Waals surface area contributed by atoms with Crippen LogP contribution in [-0.2, 0) is 6.54 Å². The number of hydrogen-bond acceptors (Lipinski definition) is 5. The molecule has 26 heavy (non-hydrogen) atoms. The Labute approximate surface area is 153 Å². The van der Waals surface area contributed by atoms with E-state index in [1.807, 2.05) is 34.9 Å². The van der Waals surface area contributed by atoms with Crippen LogP contribution in [0, 0.1) is 0 Å². The predicted octanol–water partition coefficient (Wildman–Crippen LogP) is 2.53. The van der Waals surface area contributed by atoms with E-state index in [4.69, 9.17) is 0 Å². The third-order valence-corrected chi connectivity index (χ3v) is 5.30. The van der Waals surface area contributed by atoms with Crippen molar-refractivity contribution in [3.63, 3.8) is 0 Å². The van der Waals surface area contributed by atoms with Gasteiger partial charge in [0.05, 0.1) is 12.3 Å². The molecule has 0 unspecified atom stereocenters. The smallest absolute Gasteiger partial charge is 0.287 e. The van der Waals surface area contributed by atoms with Gasteiger partial charge in [-0.2, -0.15) is 4.98 Å². The zero-order valence-corrected chi connectivity index (χ0v) is 15.2. The second-order valence-corrected chi connectivity index (χ2v) is 7.00. The van der Waals surface area contributed by atoms with Crippen molar-refractivity contribution in [3.8, 4) is 11.3 Å². The van der Waals surface area contributed by atoms with Crippen molar-refractivity contribution in [1.82, 2.24) is 23.9 Å². The Morgan fingerprint density at radius 2 is 2.04 bits per heavy atom. The van der Waals surface area contributed by atoms with Crippen molar-refractivity contribution in [2.75, 3.05) is 12.4 Å². The molecule has 3 heterocycles. The summed E-state index contributed by atoms with van der Waals surface area (Å²) in [5.74, 6) is 1.36. The zero-order chi connectivity index (χ0) is 18.1. The van der Waals surface area contributed by atoms with E-state index in [0.717, 1.165) is 28.6 Å². The maximum absolute atomic E-state index is 12.9. The number of H-pyrrole nitrogens is 1. The van der Waals surface area contributed by atoms with Crippen molar-refractivity contribution < 1.29 is 5.11 Å². The van der Waals surface area contributed by atoms with E-state index in [1.54, 1.807) is 18.0 Å². The minimum Gasteiger partial charge on any atom is -0.395 e. The van der Waals surface area contributed by atoms with Gasteiger partial charge in [0.2, 0.25) is 5.78 Å². The summed E-state index contributed by atoms with van der Waals surface area (Å²) in [5.41, 5.74) is 2.42. The summed E-state index contributed by atoms with van der Waals surface area (Å²) in [6.45, 7) is 2.41. The van der Waals surface area contributed by atoms with E-state index in [9.17, 15) is 9.90 Å². The quantitative estimate of drug-likeness (QED) is 0.510. The standard InChI is InChI=1S/C18H19N5O2S/c1-2-10-26-18-20-14-15(22(18)8-9-24)21-17-19-13(11-23(17)16(14)25)12-6-4-3-5-7-12/h3-7,11,24H,2,8-10H2,1H3,(H,19,21). The monoisotopic (exact) mass is 369 g/mol. The van der Waals surface area contributed by atoms with Crippen molar-refractivity contribution >= 4 is 28.7 Å². The fourth-order valence-electron chi connectivity index (χ4n) is 2.90. The summed E-state index contributed by atoms with van der Waals surface area (Å²) < 4.78 is 3.31. The number of thioether (sulfide) groups is 1. The predicted molar refractivity (Wildman–Crippen MR) is 103 cm³/mol. The fraction of sp³-hybridized carbons (Fsp3) is 0.278. The molecule has 0 spiro atoms. The summed E-state index contributed by atoms with van der Waals surface area (Å²) in [5, 5.41) is 10.1. The molecule has 4 aromatic rings. The van der Waals surface area contributed by atoms with Crippen LogP contribution >= 0.6 is 11.8 Å². The van der Waals surface area contributed by atoms with Gasteiger partial charge in [-0.25, -0.2) is 9.38 Å². The zero-order valence-electron chi connectivity index (χ0n) is 14.3. The van der Waals surface area contributed by atoms with Gasteiger partial charge in [0.1, 0.15) is 0 Å². The molecule has 8 heteroatoms. The van der Waals surface area contributed by atoms with Gasteiger partial charge in [0.25, 0.3) is 5.56 Å². The van der Waals surface area contributed by atoms with Gasteiger partial charge in [-0.15, -0.1) is 0 Å². The maximum Gasteiger partial charge on any atom is 0.287 e. The molecule has 0 amide bonds. The first-order valence-corrected chi connectivity index (χ1v) is 9.52. The van der Waals surface area contributed by atoms with Crippen LogP contribution in [0.15, 0.2) is 46.5 Å². The molecule has 1 aromatic carbocycles. The summed E-state index contributed by atoms with van der Waals surface area (Å²) in [6, 6.07) is 9.78. The van der Waals surface area contributed by atoms with Crippen LogP contribution in [-0.4, -0.2) is 41.4 Å². The number of aromatic amines is 1. The molecule has 0 radical (unpaired) electrons. The molecule has 3 aromatic heterocycles. The average Bonchev–Trinajstić information content (AvgIpc) is 3.24. The molecule has 0 saturated carbocycles. The van der Waals surface area contributed by atoms with E-state index in [1.165, 1.54) is 4.40 Å².